The van der Waals surface area contributed by atoms with Gasteiger partial charge in [0.15, 0.2) is 6.29 Å². The molecule has 0 aromatic carbocycles. The Morgan fingerprint density at radius 1 is 1.05 bits per heavy atom. The van der Waals surface area contributed by atoms with Gasteiger partial charge in [-0.15, -0.1) is 0 Å². The third kappa shape index (κ3) is 8.37. The number of esters is 1. The second kappa shape index (κ2) is 14.6. The molecule has 14 atom stereocenters. The highest BCUT2D eigenvalue weighted by molar-refractivity contribution is 5.73. The minimum absolute atomic E-state index is 0.0124. The number of aliphatic hydroxyl groups is 4. The van der Waals surface area contributed by atoms with Crippen molar-refractivity contribution in [2.24, 2.45) is 23.7 Å². The summed E-state index contributed by atoms with van der Waals surface area (Å²) in [7, 11) is 5.71. The van der Waals surface area contributed by atoms with Gasteiger partial charge in [0, 0.05) is 36.9 Å². The van der Waals surface area contributed by atoms with E-state index >= 15 is 0 Å². The summed E-state index contributed by atoms with van der Waals surface area (Å²) in [5.41, 5.74) is -1.46. The maximum Gasteiger partial charge on any atom is 0.311 e. The molecule has 0 aliphatic carbocycles. The average Bonchev–Trinajstić information content (AvgIpc) is 2.88. The van der Waals surface area contributed by atoms with E-state index in [1.165, 1.54) is 0 Å². The lowest BCUT2D eigenvalue weighted by molar-refractivity contribution is -0.268. The van der Waals surface area contributed by atoms with Crippen molar-refractivity contribution in [2.75, 3.05) is 27.7 Å². The van der Waals surface area contributed by atoms with Crippen molar-refractivity contribution in [3.05, 3.63) is 0 Å². The highest BCUT2D eigenvalue weighted by atomic mass is 16.7. The number of likely N-dealkylation sites (N-methyl/N-ethyl adjacent to an activating group) is 2. The standard InChI is InChI=1S/C30H58N2O8/c1-12-23-17(3)25(33)20(6)32(11)15-16(2)14-30(8,37)28(35)18(4)27(19(5)29(36)39-23)40-24-13-22(31(9)10)26(34)21(7)38-24/h16-28,33-35,37H,12-15H2,1-11H3/t16-,17+,18+,19-,20-,21?,22?,23-,24+,25+,26-,27+,28-,30-/m1/s1. The molecule has 2 heterocycles. The third-order valence-electron chi connectivity index (χ3n) is 9.51. The van der Waals surface area contributed by atoms with E-state index in [2.05, 4.69) is 4.90 Å². The lowest BCUT2D eigenvalue weighted by Crippen LogP contribution is -2.56. The minimum Gasteiger partial charge on any atom is -0.462 e. The first kappa shape index (κ1) is 35.3. The van der Waals surface area contributed by atoms with Crippen LogP contribution in [-0.4, -0.2) is 124 Å². The fourth-order valence-electron chi connectivity index (χ4n) is 6.67. The van der Waals surface area contributed by atoms with Gasteiger partial charge in [-0.1, -0.05) is 27.7 Å². The third-order valence-corrected chi connectivity index (χ3v) is 9.51. The van der Waals surface area contributed by atoms with E-state index in [1.54, 1.807) is 27.7 Å². The lowest BCUT2D eigenvalue weighted by Gasteiger charge is -2.44. The number of cyclic esters (lactones) is 1. The fourth-order valence-corrected chi connectivity index (χ4v) is 6.67. The van der Waals surface area contributed by atoms with Crippen LogP contribution in [0.1, 0.15) is 74.7 Å². The molecule has 0 spiro atoms. The SMILES string of the molecule is CC[C@H]1OC(=O)[C@H](C)[C@@H](O[C@H]2CC(N(C)C)[C@H](O)C(C)O2)[C@H](C)[C@@H](O)[C@](C)(O)C[C@@H](C)CN(C)[C@H](C)[C@@H](O)[C@H]1C. The van der Waals surface area contributed by atoms with Gasteiger partial charge in [-0.05, 0) is 67.6 Å². The van der Waals surface area contributed by atoms with Gasteiger partial charge in [0.25, 0.3) is 0 Å². The van der Waals surface area contributed by atoms with Gasteiger partial charge in [-0.3, -0.25) is 4.79 Å². The van der Waals surface area contributed by atoms with Gasteiger partial charge in [0.1, 0.15) is 6.10 Å². The van der Waals surface area contributed by atoms with Crippen LogP contribution < -0.4 is 0 Å². The molecular formula is C30H58N2O8. The van der Waals surface area contributed by atoms with Crippen LogP contribution in [0.3, 0.4) is 0 Å². The first-order valence-corrected chi connectivity index (χ1v) is 15.1. The maximum atomic E-state index is 13.6. The van der Waals surface area contributed by atoms with Crippen molar-refractivity contribution in [1.29, 1.82) is 0 Å². The zero-order chi connectivity index (χ0) is 30.7. The van der Waals surface area contributed by atoms with Gasteiger partial charge in [-0.25, -0.2) is 0 Å². The Hall–Kier alpha value is -0.850. The second-order valence-corrected chi connectivity index (χ2v) is 13.3. The van der Waals surface area contributed by atoms with Crippen molar-refractivity contribution in [3.63, 3.8) is 0 Å². The Morgan fingerprint density at radius 2 is 1.65 bits per heavy atom. The van der Waals surface area contributed by atoms with Crippen LogP contribution >= 0.6 is 0 Å². The monoisotopic (exact) mass is 574 g/mol. The summed E-state index contributed by atoms with van der Waals surface area (Å²) >= 11 is 0. The largest absolute Gasteiger partial charge is 0.462 e. The van der Waals surface area contributed by atoms with Gasteiger partial charge in [-0.2, -0.15) is 0 Å². The highest BCUT2D eigenvalue weighted by Crippen LogP contribution is 2.35. The molecular weight excluding hydrogens is 516 g/mol. The number of ether oxygens (including phenoxy) is 3. The smallest absolute Gasteiger partial charge is 0.311 e. The van der Waals surface area contributed by atoms with Crippen LogP contribution in [0.25, 0.3) is 0 Å². The highest BCUT2D eigenvalue weighted by Gasteiger charge is 2.46. The summed E-state index contributed by atoms with van der Waals surface area (Å²) in [6.45, 7) is 15.3. The van der Waals surface area contributed by atoms with Gasteiger partial charge < -0.3 is 44.4 Å². The van der Waals surface area contributed by atoms with Crippen molar-refractivity contribution in [2.45, 2.75) is 135 Å². The topological polar surface area (TPSA) is 132 Å². The van der Waals surface area contributed by atoms with Crippen LogP contribution in [0.2, 0.25) is 0 Å². The van der Waals surface area contributed by atoms with Crippen LogP contribution in [0.4, 0.5) is 0 Å². The molecule has 0 bridgehead atoms. The predicted molar refractivity (Wildman–Crippen MR) is 153 cm³/mol. The maximum absolute atomic E-state index is 13.6. The molecule has 0 saturated carbocycles. The normalized spacial score (nSPS) is 47.4. The molecule has 10 heteroatoms. The quantitative estimate of drug-likeness (QED) is 0.369. The summed E-state index contributed by atoms with van der Waals surface area (Å²) in [5, 5.41) is 44.8. The van der Waals surface area contributed by atoms with Gasteiger partial charge in [0.05, 0.1) is 42.0 Å². The first-order valence-electron chi connectivity index (χ1n) is 15.1. The molecule has 236 valence electrons. The Balaban J connectivity index is 2.47. The fraction of sp³-hybridized carbons (Fsp3) is 0.967. The molecule has 2 aliphatic rings. The summed E-state index contributed by atoms with van der Waals surface area (Å²) < 4.78 is 18.5. The van der Waals surface area contributed by atoms with E-state index in [4.69, 9.17) is 14.2 Å². The summed E-state index contributed by atoms with van der Waals surface area (Å²) in [6, 6.07) is -0.420. The molecule has 0 aromatic heterocycles. The molecule has 2 fully saturated rings. The Labute approximate surface area is 242 Å². The molecule has 2 unspecified atom stereocenters. The summed E-state index contributed by atoms with van der Waals surface area (Å²) in [6.07, 6.45) is -3.99. The van der Waals surface area contributed by atoms with E-state index in [1.807, 2.05) is 53.7 Å². The molecule has 4 N–H and O–H groups in total. The number of hydrogen-bond donors (Lipinski definition) is 4. The van der Waals surface area contributed by atoms with Crippen molar-refractivity contribution < 1.29 is 39.4 Å². The number of carbonyl (C=O) groups is 1. The number of aliphatic hydroxyl groups excluding tert-OH is 3. The molecule has 10 nitrogen and oxygen atoms in total. The Morgan fingerprint density at radius 3 is 2.20 bits per heavy atom. The van der Waals surface area contributed by atoms with E-state index in [-0.39, 0.29) is 23.9 Å². The van der Waals surface area contributed by atoms with Crippen molar-refractivity contribution in [3.8, 4) is 0 Å². The summed E-state index contributed by atoms with van der Waals surface area (Å²) in [4.78, 5) is 17.6. The minimum atomic E-state index is -1.46. The Bertz CT molecular complexity index is 798. The lowest BCUT2D eigenvalue weighted by atomic mass is 9.78. The zero-order valence-corrected chi connectivity index (χ0v) is 26.7. The van der Waals surface area contributed by atoms with E-state index in [9.17, 15) is 25.2 Å². The summed E-state index contributed by atoms with van der Waals surface area (Å²) in [5.74, 6) is -2.25. The molecule has 2 rings (SSSR count). The average molecular weight is 575 g/mol. The van der Waals surface area contributed by atoms with Crippen LogP contribution in [0.15, 0.2) is 0 Å². The van der Waals surface area contributed by atoms with Crippen LogP contribution in [-0.2, 0) is 19.0 Å². The molecule has 0 aromatic rings. The van der Waals surface area contributed by atoms with E-state index < -0.39 is 66.3 Å². The molecule has 2 aliphatic heterocycles. The number of nitrogens with zero attached hydrogens (tertiary/aromatic N) is 2. The van der Waals surface area contributed by atoms with Crippen LogP contribution in [0.5, 0.6) is 0 Å². The molecule has 2 saturated heterocycles. The zero-order valence-electron chi connectivity index (χ0n) is 26.7. The van der Waals surface area contributed by atoms with Gasteiger partial charge in [0.2, 0.25) is 0 Å². The number of hydrogen-bond acceptors (Lipinski definition) is 10. The van der Waals surface area contributed by atoms with E-state index in [0.717, 1.165) is 0 Å². The Kier molecular flexibility index (Phi) is 12.9. The first-order chi connectivity index (χ1) is 18.4. The molecule has 40 heavy (non-hydrogen) atoms. The predicted octanol–water partition coefficient (Wildman–Crippen LogP) is 1.86. The number of rotatable bonds is 4. The van der Waals surface area contributed by atoms with Crippen molar-refractivity contribution in [1.82, 2.24) is 9.80 Å². The molecule has 0 radical (unpaired) electrons. The van der Waals surface area contributed by atoms with Gasteiger partial charge >= 0.3 is 5.97 Å². The van der Waals surface area contributed by atoms with Crippen molar-refractivity contribution >= 4 is 5.97 Å². The molecule has 0 amide bonds. The van der Waals surface area contributed by atoms with Crippen LogP contribution in [0, 0.1) is 23.7 Å². The van der Waals surface area contributed by atoms with E-state index in [0.29, 0.717) is 25.8 Å². The number of carbonyl (C=O) groups excluding carboxylic acids is 1. The second-order valence-electron chi connectivity index (χ2n) is 13.3.